The van der Waals surface area contributed by atoms with Crippen molar-refractivity contribution in [3.05, 3.63) is 17.0 Å². The van der Waals surface area contributed by atoms with Gasteiger partial charge in [-0.15, -0.1) is 11.3 Å². The van der Waals surface area contributed by atoms with Gasteiger partial charge in [-0.2, -0.15) is 4.31 Å². The summed E-state index contributed by atoms with van der Waals surface area (Å²) in [6.45, 7) is 4.77. The summed E-state index contributed by atoms with van der Waals surface area (Å²) in [5, 5.41) is 3.19. The van der Waals surface area contributed by atoms with E-state index in [2.05, 4.69) is 5.32 Å². The van der Waals surface area contributed by atoms with E-state index in [1.54, 1.807) is 6.07 Å². The molecule has 2 aliphatic heterocycles. The molecule has 3 rings (SSSR count). The number of hydrogen-bond acceptors (Lipinski definition) is 5. The molecule has 1 atom stereocenters. The van der Waals surface area contributed by atoms with Gasteiger partial charge < -0.3 is 10.2 Å². The van der Waals surface area contributed by atoms with Crippen LogP contribution in [-0.2, 0) is 14.8 Å². The standard InChI is InChI=1S/C17H27N3O3S2/c1-13-5-6-16(24-13)25(22,23)20-9-3-4-15(20)17(21)19-10-7-14(8-11-19)12-18-2/h5-6,14-15,18H,3-4,7-12H2,1-2H3. The minimum Gasteiger partial charge on any atom is -0.341 e. The minimum atomic E-state index is -3.58. The Kier molecular flexibility index (Phi) is 5.82. The number of thiophene rings is 1. The van der Waals surface area contributed by atoms with E-state index in [0.29, 0.717) is 23.1 Å². The third kappa shape index (κ3) is 3.92. The zero-order valence-corrected chi connectivity index (χ0v) is 16.5. The lowest BCUT2D eigenvalue weighted by atomic mass is 9.96. The molecule has 1 amide bonds. The number of aryl methyl sites for hydroxylation is 1. The van der Waals surface area contributed by atoms with Gasteiger partial charge in [0, 0.05) is 24.5 Å². The van der Waals surface area contributed by atoms with Crippen molar-refractivity contribution >= 4 is 27.3 Å². The fourth-order valence-corrected chi connectivity index (χ4v) is 6.86. The van der Waals surface area contributed by atoms with Crippen molar-refractivity contribution in [3.63, 3.8) is 0 Å². The Hall–Kier alpha value is -0.960. The summed E-state index contributed by atoms with van der Waals surface area (Å²) in [5.41, 5.74) is 0. The molecule has 1 N–H and O–H groups in total. The fraction of sp³-hybridized carbons (Fsp3) is 0.706. The Morgan fingerprint density at radius 1 is 1.24 bits per heavy atom. The maximum atomic E-state index is 13.0. The van der Waals surface area contributed by atoms with E-state index in [1.165, 1.54) is 15.6 Å². The molecule has 1 aromatic heterocycles. The molecule has 0 aromatic carbocycles. The van der Waals surface area contributed by atoms with Crippen molar-refractivity contribution in [2.24, 2.45) is 5.92 Å². The summed E-state index contributed by atoms with van der Waals surface area (Å²) in [5.74, 6) is 0.587. The largest absolute Gasteiger partial charge is 0.341 e. The van der Waals surface area contributed by atoms with Crippen LogP contribution >= 0.6 is 11.3 Å². The van der Waals surface area contributed by atoms with Gasteiger partial charge in [-0.25, -0.2) is 8.42 Å². The lowest BCUT2D eigenvalue weighted by Gasteiger charge is -2.35. The summed E-state index contributed by atoms with van der Waals surface area (Å²) in [4.78, 5) is 15.8. The first-order valence-electron chi connectivity index (χ1n) is 8.95. The molecule has 0 spiro atoms. The van der Waals surface area contributed by atoms with E-state index >= 15 is 0 Å². The maximum Gasteiger partial charge on any atom is 0.253 e. The molecule has 0 saturated carbocycles. The number of amides is 1. The Labute approximate surface area is 154 Å². The molecule has 1 aromatic rings. The van der Waals surface area contributed by atoms with Crippen molar-refractivity contribution in [2.75, 3.05) is 33.2 Å². The van der Waals surface area contributed by atoms with Gasteiger partial charge in [0.15, 0.2) is 0 Å². The monoisotopic (exact) mass is 385 g/mol. The molecule has 1 unspecified atom stereocenters. The first kappa shape index (κ1) is 18.8. The number of sulfonamides is 1. The van der Waals surface area contributed by atoms with Crippen LogP contribution in [0.2, 0.25) is 0 Å². The van der Waals surface area contributed by atoms with Gasteiger partial charge in [-0.1, -0.05) is 0 Å². The Morgan fingerprint density at radius 2 is 1.96 bits per heavy atom. The second kappa shape index (κ2) is 7.73. The van der Waals surface area contributed by atoms with Gasteiger partial charge in [-0.3, -0.25) is 4.79 Å². The fourth-order valence-electron chi connectivity index (χ4n) is 3.80. The highest BCUT2D eigenvalue weighted by molar-refractivity contribution is 7.91. The van der Waals surface area contributed by atoms with Crippen molar-refractivity contribution < 1.29 is 13.2 Å². The zero-order valence-electron chi connectivity index (χ0n) is 14.9. The SMILES string of the molecule is CNCC1CCN(C(=O)C2CCCN2S(=O)(=O)c2ccc(C)s2)CC1. The molecule has 0 radical (unpaired) electrons. The molecular formula is C17H27N3O3S2. The van der Waals surface area contributed by atoms with Gasteiger partial charge in [0.05, 0.1) is 0 Å². The predicted molar refractivity (Wildman–Crippen MR) is 99.2 cm³/mol. The molecule has 0 bridgehead atoms. The number of rotatable bonds is 5. The van der Waals surface area contributed by atoms with Gasteiger partial charge in [0.1, 0.15) is 10.3 Å². The number of carbonyl (C=O) groups excluding carboxylic acids is 1. The molecule has 2 fully saturated rings. The van der Waals surface area contributed by atoms with E-state index < -0.39 is 16.1 Å². The zero-order chi connectivity index (χ0) is 18.0. The lowest BCUT2D eigenvalue weighted by Crippen LogP contribution is -2.50. The summed E-state index contributed by atoms with van der Waals surface area (Å²) >= 11 is 1.28. The molecular weight excluding hydrogens is 358 g/mol. The van der Waals surface area contributed by atoms with Crippen LogP contribution in [0.15, 0.2) is 16.3 Å². The van der Waals surface area contributed by atoms with Gasteiger partial charge in [-0.05, 0) is 64.3 Å². The number of nitrogens with one attached hydrogen (secondary N) is 1. The van der Waals surface area contributed by atoms with Crippen molar-refractivity contribution in [1.82, 2.24) is 14.5 Å². The van der Waals surface area contributed by atoms with Crippen LogP contribution in [0, 0.1) is 12.8 Å². The van der Waals surface area contributed by atoms with E-state index in [9.17, 15) is 13.2 Å². The van der Waals surface area contributed by atoms with Crippen LogP contribution in [0.1, 0.15) is 30.6 Å². The number of hydrogen-bond donors (Lipinski definition) is 1. The number of likely N-dealkylation sites (tertiary alicyclic amines) is 1. The Morgan fingerprint density at radius 3 is 2.56 bits per heavy atom. The quantitative estimate of drug-likeness (QED) is 0.837. The van der Waals surface area contributed by atoms with Crippen LogP contribution < -0.4 is 5.32 Å². The third-order valence-electron chi connectivity index (χ3n) is 5.19. The summed E-state index contributed by atoms with van der Waals surface area (Å²) in [6, 6.07) is 2.93. The first-order chi connectivity index (χ1) is 11.9. The average molecular weight is 386 g/mol. The second-order valence-corrected chi connectivity index (χ2v) is 10.4. The average Bonchev–Trinajstić information content (AvgIpc) is 3.25. The van der Waals surface area contributed by atoms with Crippen LogP contribution in [0.4, 0.5) is 0 Å². The Balaban J connectivity index is 1.70. The van der Waals surface area contributed by atoms with E-state index in [-0.39, 0.29) is 5.91 Å². The molecule has 2 aliphatic rings. The molecule has 8 heteroatoms. The van der Waals surface area contributed by atoms with Gasteiger partial charge >= 0.3 is 0 Å². The molecule has 25 heavy (non-hydrogen) atoms. The predicted octanol–water partition coefficient (Wildman–Crippen LogP) is 1.67. The highest BCUT2D eigenvalue weighted by Crippen LogP contribution is 2.31. The van der Waals surface area contributed by atoms with Crippen LogP contribution in [0.25, 0.3) is 0 Å². The normalized spacial score (nSPS) is 23.3. The van der Waals surface area contributed by atoms with Gasteiger partial charge in [0.25, 0.3) is 10.0 Å². The number of carbonyl (C=O) groups is 1. The highest BCUT2D eigenvalue weighted by Gasteiger charge is 2.42. The molecule has 3 heterocycles. The number of nitrogens with zero attached hydrogens (tertiary/aromatic N) is 2. The molecule has 6 nitrogen and oxygen atoms in total. The van der Waals surface area contributed by atoms with Crippen LogP contribution in [0.5, 0.6) is 0 Å². The highest BCUT2D eigenvalue weighted by atomic mass is 32.2. The molecule has 0 aliphatic carbocycles. The van der Waals surface area contributed by atoms with Crippen LogP contribution in [-0.4, -0.2) is 62.8 Å². The second-order valence-electron chi connectivity index (χ2n) is 6.97. The van der Waals surface area contributed by atoms with E-state index in [4.69, 9.17) is 0 Å². The topological polar surface area (TPSA) is 69.7 Å². The van der Waals surface area contributed by atoms with Crippen molar-refractivity contribution in [2.45, 2.75) is 42.9 Å². The third-order valence-corrected chi connectivity index (χ3v) is 8.56. The molecule has 2 saturated heterocycles. The van der Waals surface area contributed by atoms with Gasteiger partial charge in [0.2, 0.25) is 5.91 Å². The van der Waals surface area contributed by atoms with Crippen LogP contribution in [0.3, 0.4) is 0 Å². The number of piperidine rings is 1. The smallest absolute Gasteiger partial charge is 0.253 e. The van der Waals surface area contributed by atoms with E-state index in [1.807, 2.05) is 24.9 Å². The minimum absolute atomic E-state index is 0.0164. The Bertz CT molecular complexity index is 708. The first-order valence-corrected chi connectivity index (χ1v) is 11.2. The molecule has 140 valence electrons. The van der Waals surface area contributed by atoms with Crippen molar-refractivity contribution in [1.29, 1.82) is 0 Å². The summed E-state index contributed by atoms with van der Waals surface area (Å²) in [7, 11) is -1.63. The lowest BCUT2D eigenvalue weighted by molar-refractivity contribution is -0.136. The van der Waals surface area contributed by atoms with E-state index in [0.717, 1.165) is 43.8 Å². The summed E-state index contributed by atoms with van der Waals surface area (Å²) < 4.78 is 27.7. The summed E-state index contributed by atoms with van der Waals surface area (Å²) in [6.07, 6.45) is 3.33. The van der Waals surface area contributed by atoms with Crippen molar-refractivity contribution in [3.8, 4) is 0 Å². The maximum absolute atomic E-state index is 13.0.